The van der Waals surface area contributed by atoms with Gasteiger partial charge in [-0.15, -0.1) is 0 Å². The number of imide groups is 2. The van der Waals surface area contributed by atoms with Gasteiger partial charge in [-0.05, 0) is 177 Å². The molecule has 0 spiro atoms. The first-order valence-corrected chi connectivity index (χ1v) is 42.7. The van der Waals surface area contributed by atoms with E-state index < -0.39 is 47.5 Å². The van der Waals surface area contributed by atoms with Gasteiger partial charge in [0, 0.05) is 95.0 Å². The molecule has 4 aliphatic rings. The quantitative estimate of drug-likeness (QED) is 0.0126. The van der Waals surface area contributed by atoms with E-state index in [1.807, 2.05) is 182 Å². The molecule has 4 unspecified atom stereocenters. The summed E-state index contributed by atoms with van der Waals surface area (Å²) in [7, 11) is 6.31. The second kappa shape index (κ2) is 36.2. The highest BCUT2D eigenvalue weighted by molar-refractivity contribution is 6.45. The van der Waals surface area contributed by atoms with Crippen molar-refractivity contribution >= 4 is 90.3 Å². The Balaban J connectivity index is 0.924. The number of carbonyl (C=O) groups excluding carboxylic acids is 8. The van der Waals surface area contributed by atoms with Gasteiger partial charge in [0.05, 0.1) is 76.1 Å². The molecule has 2 saturated heterocycles. The third-order valence-corrected chi connectivity index (χ3v) is 23.8. The van der Waals surface area contributed by atoms with E-state index in [1.54, 1.807) is 126 Å². The highest BCUT2D eigenvalue weighted by atomic mass is 16.6. The van der Waals surface area contributed by atoms with Crippen LogP contribution >= 0.6 is 0 Å². The van der Waals surface area contributed by atoms with Crippen molar-refractivity contribution in [1.29, 1.82) is 0 Å². The van der Waals surface area contributed by atoms with Gasteiger partial charge in [0.15, 0.2) is 0 Å². The normalized spacial score (nSPS) is 14.7. The van der Waals surface area contributed by atoms with Crippen LogP contribution in [0.5, 0.6) is 69.0 Å². The minimum atomic E-state index is -1.59. The molecule has 4 N–H and O–H groups in total. The summed E-state index contributed by atoms with van der Waals surface area (Å²) >= 11 is 0. The number of methoxy groups -OCH3 is 4. The summed E-state index contributed by atoms with van der Waals surface area (Å²) < 4.78 is 64.1. The van der Waals surface area contributed by atoms with E-state index in [0.29, 0.717) is 69.6 Å². The van der Waals surface area contributed by atoms with Gasteiger partial charge >= 0.3 is 0 Å². The second-order valence-electron chi connectivity index (χ2n) is 32.1. The largest absolute Gasteiger partial charge is 0.497 e. The standard InChI is InChI=1S/C106H86N6O18/c1-121-71-31-11-23-63(45-71)67-27-15-35-75(49-67)127-87-53-81-93-82(104(118)111(103(81)117)85(43-61-19-7-5-8-20-61)101(115)107-41-39-91(113)109-57-79-59-125-79)55-89(129-77-37-17-29-69(51-77)65-25-13-33-73(47-65)123-3)97-98-90(130-78-38-18-30-70(52-78)66-26-14-34-74(48-66)124-4)56-84-94-83(54-88(96(100(94)98)95(87)99(93)97)128-76-36-16-28-68(50-76)64-24-12-32-72(46-64)122-2)105(119)112(106(84)120)86(44-62-21-9-6-10-22-62)102(116)108-42-40-92(114)110-58-80-60-126-80/h5-38,45-56,79-80,85-86H,39-44,57-60H2,1-4H3,(H,107,115)(H,108,116)(H,109,113)(H,110,114). The first-order chi connectivity index (χ1) is 63.5. The SMILES string of the molecule is COc1cccc(-c2cccc(Oc3cc4c5c(cc(Oc6cccc(-c7cccc(OC)c7)c6)c6c7c(Oc8cccc(-c9cccc(OC)c9)c8)cc8c9c(cc(Oc%10cccc(-c%11cccc(OC)c%11)c%10)c(c3c56)c97)C(=O)N(C(Cc3ccccc3)C(=O)NCCC(=O)NCC3CO3)C8=O)C(=O)N(C(Cc3ccccc3)C(=O)NCCC(=O)NCC3CO3)C4=O)c2)c1. The summed E-state index contributed by atoms with van der Waals surface area (Å²) in [5.74, 6) is -2.73. The van der Waals surface area contributed by atoms with Crippen LogP contribution in [-0.4, -0.2) is 149 Å². The summed E-state index contributed by atoms with van der Waals surface area (Å²) in [6, 6.07) is 80.0. The highest BCUT2D eigenvalue weighted by Crippen LogP contribution is 2.59. The smallest absolute Gasteiger partial charge is 0.262 e. The van der Waals surface area contributed by atoms with Gasteiger partial charge in [-0.3, -0.25) is 48.2 Å². The maximum absolute atomic E-state index is 17.1. The summed E-state index contributed by atoms with van der Waals surface area (Å²) in [6.07, 6.45) is -0.883. The summed E-state index contributed by atoms with van der Waals surface area (Å²) in [4.78, 5) is 128. The van der Waals surface area contributed by atoms with Gasteiger partial charge in [0.2, 0.25) is 23.6 Å². The van der Waals surface area contributed by atoms with Crippen LogP contribution < -0.4 is 59.2 Å². The highest BCUT2D eigenvalue weighted by Gasteiger charge is 2.47. The molecule has 648 valence electrons. The third-order valence-electron chi connectivity index (χ3n) is 23.8. The van der Waals surface area contributed by atoms with Crippen molar-refractivity contribution < 1.29 is 85.7 Å². The summed E-state index contributed by atoms with van der Waals surface area (Å²) in [6.45, 7) is 1.25. The molecule has 130 heavy (non-hydrogen) atoms. The van der Waals surface area contributed by atoms with Crippen molar-refractivity contribution in [3.05, 3.63) is 312 Å². The molecule has 15 aromatic carbocycles. The molecule has 24 nitrogen and oxygen atoms in total. The number of hydrogen-bond acceptors (Lipinski definition) is 18. The fourth-order valence-electron chi connectivity index (χ4n) is 17.2. The average molecular weight is 1730 g/mol. The van der Waals surface area contributed by atoms with E-state index in [4.69, 9.17) is 47.4 Å². The molecular formula is C106H86N6O18. The van der Waals surface area contributed by atoms with Crippen molar-refractivity contribution in [3.63, 3.8) is 0 Å². The van der Waals surface area contributed by atoms with Crippen LogP contribution in [0, 0.1) is 0 Å². The lowest BCUT2D eigenvalue weighted by atomic mass is 9.80. The molecule has 0 aromatic heterocycles. The minimum absolute atomic E-state index is 0.0389. The van der Waals surface area contributed by atoms with E-state index in [2.05, 4.69) is 21.3 Å². The molecule has 0 radical (unpaired) electrons. The van der Waals surface area contributed by atoms with E-state index >= 15 is 28.8 Å². The molecule has 19 rings (SSSR count). The van der Waals surface area contributed by atoms with Crippen LogP contribution in [0.15, 0.2) is 279 Å². The lowest BCUT2D eigenvalue weighted by molar-refractivity contribution is -0.126. The van der Waals surface area contributed by atoms with Crippen molar-refractivity contribution in [1.82, 2.24) is 31.1 Å². The Morgan fingerprint density at radius 1 is 0.308 bits per heavy atom. The van der Waals surface area contributed by atoms with Crippen molar-refractivity contribution in [2.24, 2.45) is 0 Å². The van der Waals surface area contributed by atoms with Gasteiger partial charge in [0.25, 0.3) is 23.6 Å². The van der Waals surface area contributed by atoms with E-state index in [0.717, 1.165) is 32.1 Å². The number of hydrogen-bond donors (Lipinski definition) is 4. The molecular weight excluding hydrogens is 1650 g/mol. The molecule has 0 saturated carbocycles. The molecule has 8 amide bonds. The minimum Gasteiger partial charge on any atom is -0.497 e. The van der Waals surface area contributed by atoms with Crippen molar-refractivity contribution in [2.45, 2.75) is 50.0 Å². The fraction of sp³-hybridized carbons (Fsp3) is 0.170. The Morgan fingerprint density at radius 2 is 0.554 bits per heavy atom. The maximum Gasteiger partial charge on any atom is 0.262 e. The molecule has 4 heterocycles. The zero-order valence-electron chi connectivity index (χ0n) is 71.2. The fourth-order valence-corrected chi connectivity index (χ4v) is 17.2. The zero-order valence-corrected chi connectivity index (χ0v) is 71.2. The Bertz CT molecular complexity index is 6290. The van der Waals surface area contributed by atoms with Gasteiger partial charge in [0.1, 0.15) is 81.1 Å². The molecule has 0 aliphatic carbocycles. The van der Waals surface area contributed by atoms with Gasteiger partial charge in [-0.25, -0.2) is 0 Å². The lowest BCUT2D eigenvalue weighted by Gasteiger charge is -2.36. The number of carbonyl (C=O) groups is 8. The number of nitrogens with one attached hydrogen (secondary N) is 4. The van der Waals surface area contributed by atoms with Gasteiger partial charge in [-0.1, -0.05) is 158 Å². The molecule has 24 heteroatoms. The van der Waals surface area contributed by atoms with Gasteiger partial charge in [-0.2, -0.15) is 0 Å². The second-order valence-corrected chi connectivity index (χ2v) is 32.1. The molecule has 2 fully saturated rings. The van der Waals surface area contributed by atoms with Crippen molar-refractivity contribution in [3.8, 4) is 114 Å². The van der Waals surface area contributed by atoms with Crippen LogP contribution in [-0.2, 0) is 41.5 Å². The maximum atomic E-state index is 17.1. The Morgan fingerprint density at radius 3 is 0.800 bits per heavy atom. The Kier molecular flexibility index (Phi) is 23.3. The Hall–Kier alpha value is -15.9. The number of epoxide rings is 2. The van der Waals surface area contributed by atoms with Crippen LogP contribution in [0.2, 0.25) is 0 Å². The summed E-state index contributed by atoms with van der Waals surface area (Å²) in [5, 5.41) is 12.6. The number of benzene rings is 15. The van der Waals surface area contributed by atoms with Gasteiger partial charge < -0.3 is 68.6 Å². The zero-order chi connectivity index (χ0) is 89.2. The number of rotatable bonds is 34. The van der Waals surface area contributed by atoms with E-state index in [1.165, 1.54) is 0 Å². The molecule has 4 atom stereocenters. The first kappa shape index (κ1) is 83.6. The number of amides is 8. The molecule has 0 bridgehead atoms. The predicted octanol–water partition coefficient (Wildman–Crippen LogP) is 18.1. The van der Waals surface area contributed by atoms with Crippen LogP contribution in [0.1, 0.15) is 65.4 Å². The van der Waals surface area contributed by atoms with Crippen LogP contribution in [0.25, 0.3) is 87.6 Å². The topological polar surface area (TPSA) is 290 Å². The van der Waals surface area contributed by atoms with E-state index in [9.17, 15) is 9.59 Å². The number of fused-ring (bicyclic) bond motifs is 2. The summed E-state index contributed by atoms with van der Waals surface area (Å²) in [5.41, 5.74) is 6.49. The van der Waals surface area contributed by atoms with Crippen molar-refractivity contribution in [2.75, 3.05) is 67.8 Å². The first-order valence-electron chi connectivity index (χ1n) is 42.7. The number of ether oxygens (including phenoxy) is 10. The molecule has 4 aliphatic heterocycles. The number of nitrogens with zero attached hydrogens (tertiary/aromatic N) is 2. The van der Waals surface area contributed by atoms with E-state index in [-0.39, 0.29) is 187 Å². The Labute approximate surface area is 746 Å². The van der Waals surface area contributed by atoms with Crippen LogP contribution in [0.3, 0.4) is 0 Å². The average Bonchev–Trinajstić information content (AvgIpc) is 0.837. The molecule has 15 aromatic rings. The van der Waals surface area contributed by atoms with Crippen LogP contribution in [0.4, 0.5) is 0 Å². The predicted molar refractivity (Wildman–Crippen MR) is 491 cm³/mol. The lowest BCUT2D eigenvalue weighted by Crippen LogP contribution is -2.55. The third kappa shape index (κ3) is 17.1. The monoisotopic (exact) mass is 1730 g/mol.